The molecule has 1 aliphatic carbocycles. The van der Waals surface area contributed by atoms with Crippen molar-refractivity contribution in [1.29, 1.82) is 0 Å². The van der Waals surface area contributed by atoms with Gasteiger partial charge in [-0.15, -0.1) is 29.7 Å². The van der Waals surface area contributed by atoms with E-state index in [1.165, 1.54) is 19.8 Å². The Morgan fingerprint density at radius 3 is 2.78 bits per heavy atom. The van der Waals surface area contributed by atoms with Crippen LogP contribution in [0.3, 0.4) is 0 Å². The third-order valence-corrected chi connectivity index (χ3v) is 8.52. The number of amides is 1. The van der Waals surface area contributed by atoms with Gasteiger partial charge in [-0.25, -0.2) is 4.98 Å². The molecule has 8 heteroatoms. The molecule has 0 bridgehead atoms. The number of Topliss-reactive ketones (excluding diaryl/α,β-unsaturated/α-hetero) is 1. The lowest BCUT2D eigenvalue weighted by molar-refractivity contribution is -0.130. The van der Waals surface area contributed by atoms with Crippen molar-refractivity contribution >= 4 is 39.8 Å². The van der Waals surface area contributed by atoms with E-state index in [1.807, 2.05) is 26.2 Å². The van der Waals surface area contributed by atoms with E-state index in [9.17, 15) is 9.59 Å². The highest BCUT2D eigenvalue weighted by atomic mass is 32.2. The summed E-state index contributed by atoms with van der Waals surface area (Å²) in [5.41, 5.74) is -0.0438. The number of thioether (sulfide) groups is 1. The second-order valence-electron chi connectivity index (χ2n) is 9.53. The average Bonchev–Trinajstić information content (AvgIpc) is 3.11. The molecule has 6 nitrogen and oxygen atoms in total. The van der Waals surface area contributed by atoms with Crippen LogP contribution in [0.1, 0.15) is 64.6 Å². The van der Waals surface area contributed by atoms with Crippen LogP contribution in [-0.2, 0) is 16.1 Å². The van der Waals surface area contributed by atoms with Gasteiger partial charge in [0.1, 0.15) is 21.3 Å². The maximum atomic E-state index is 12.9. The SMILES string of the molecule is C=C[C@@H](CC)CC1C[C@@H]1NCc1nc(C2=N[C@](C)(C(=O)N[C@H](C(C)=O)C(C)C)CS2)cs1. The lowest BCUT2D eigenvalue weighted by Gasteiger charge is -2.25. The van der Waals surface area contributed by atoms with Crippen molar-refractivity contribution in [2.45, 2.75) is 78.0 Å². The van der Waals surface area contributed by atoms with Gasteiger partial charge in [0, 0.05) is 23.7 Å². The van der Waals surface area contributed by atoms with E-state index in [0.717, 1.165) is 34.6 Å². The van der Waals surface area contributed by atoms with E-state index in [0.29, 0.717) is 17.7 Å². The molecule has 176 valence electrons. The normalized spacial score (nSPS) is 26.5. The summed E-state index contributed by atoms with van der Waals surface area (Å²) in [6, 6.07) is 0.0996. The minimum absolute atomic E-state index is 0.0314. The first-order valence-corrected chi connectivity index (χ1v) is 13.4. The molecule has 1 amide bonds. The molecule has 1 aromatic heterocycles. The standard InChI is InChI=1S/C24H36N4O2S2/c1-7-16(8-2)9-17-10-18(17)25-11-20-26-19(12-31-20)22-28-24(6,13-32-22)23(30)27-21(14(3)4)15(5)29/h7,12,14,16-18,21,25H,1,8-11,13H2,2-6H3,(H,27,30)/t16-,17?,18-,21-,24-/m0/s1. The molecule has 0 spiro atoms. The topological polar surface area (TPSA) is 83.4 Å². The minimum atomic E-state index is -0.882. The van der Waals surface area contributed by atoms with Crippen LogP contribution in [0.5, 0.6) is 0 Å². The maximum absolute atomic E-state index is 12.9. The van der Waals surface area contributed by atoms with Gasteiger partial charge >= 0.3 is 0 Å². The summed E-state index contributed by atoms with van der Waals surface area (Å²) in [6.07, 6.45) is 5.69. The number of aromatic nitrogens is 1. The summed E-state index contributed by atoms with van der Waals surface area (Å²) >= 11 is 3.18. The number of carbonyl (C=O) groups excluding carboxylic acids is 2. The molecule has 0 saturated heterocycles. The first kappa shape index (κ1) is 25.1. The second kappa shape index (κ2) is 10.6. The maximum Gasteiger partial charge on any atom is 0.249 e. The monoisotopic (exact) mass is 476 g/mol. The van der Waals surface area contributed by atoms with Gasteiger partial charge in [-0.1, -0.05) is 26.8 Å². The highest BCUT2D eigenvalue weighted by Gasteiger charge is 2.41. The summed E-state index contributed by atoms with van der Waals surface area (Å²) in [5, 5.41) is 10.4. The van der Waals surface area contributed by atoms with Gasteiger partial charge in [0.25, 0.3) is 0 Å². The first-order valence-electron chi connectivity index (χ1n) is 11.5. The number of aliphatic imine (C=N–C) groups is 1. The van der Waals surface area contributed by atoms with Gasteiger partial charge in [-0.3, -0.25) is 14.6 Å². The number of allylic oxidation sites excluding steroid dienone is 1. The molecule has 0 aromatic carbocycles. The number of carbonyl (C=O) groups is 2. The highest BCUT2D eigenvalue weighted by molar-refractivity contribution is 8.14. The van der Waals surface area contributed by atoms with Gasteiger partial charge in [0.05, 0.1) is 6.04 Å². The van der Waals surface area contributed by atoms with Crippen LogP contribution in [-0.4, -0.2) is 45.1 Å². The summed E-state index contributed by atoms with van der Waals surface area (Å²) in [6.45, 7) is 14.1. The third-order valence-electron chi connectivity index (χ3n) is 6.39. The number of hydrogen-bond acceptors (Lipinski definition) is 7. The summed E-state index contributed by atoms with van der Waals surface area (Å²) in [5.74, 6) is 1.73. The average molecular weight is 477 g/mol. The molecule has 2 aliphatic rings. The molecule has 3 rings (SSSR count). The lowest BCUT2D eigenvalue weighted by Crippen LogP contribution is -2.51. The lowest BCUT2D eigenvalue weighted by atomic mass is 9.98. The molecule has 1 aromatic rings. The minimum Gasteiger partial charge on any atom is -0.344 e. The van der Waals surface area contributed by atoms with Gasteiger partial charge in [0.2, 0.25) is 5.91 Å². The smallest absolute Gasteiger partial charge is 0.249 e. The van der Waals surface area contributed by atoms with Crippen molar-refractivity contribution in [1.82, 2.24) is 15.6 Å². The van der Waals surface area contributed by atoms with Crippen LogP contribution >= 0.6 is 23.1 Å². The molecule has 1 unspecified atom stereocenters. The molecule has 32 heavy (non-hydrogen) atoms. The van der Waals surface area contributed by atoms with E-state index in [2.05, 4.69) is 30.2 Å². The Hall–Kier alpha value is -1.51. The fraction of sp³-hybridized carbons (Fsp3) is 0.667. The Bertz CT molecular complexity index is 881. The number of thiazole rings is 1. The summed E-state index contributed by atoms with van der Waals surface area (Å²) in [4.78, 5) is 34.2. The highest BCUT2D eigenvalue weighted by Crippen LogP contribution is 2.38. The molecule has 2 N–H and O–H groups in total. The van der Waals surface area contributed by atoms with Crippen LogP contribution in [0, 0.1) is 17.8 Å². The fourth-order valence-electron chi connectivity index (χ4n) is 4.06. The summed E-state index contributed by atoms with van der Waals surface area (Å²) in [7, 11) is 0. The van der Waals surface area contributed by atoms with E-state index in [1.54, 1.807) is 23.1 Å². The van der Waals surface area contributed by atoms with Crippen LogP contribution in [0.2, 0.25) is 0 Å². The number of hydrogen-bond donors (Lipinski definition) is 2. The van der Waals surface area contributed by atoms with Crippen LogP contribution in [0.25, 0.3) is 0 Å². The Labute approximate surface area is 200 Å². The van der Waals surface area contributed by atoms with Crippen molar-refractivity contribution in [3.05, 3.63) is 28.7 Å². The van der Waals surface area contributed by atoms with Gasteiger partial charge in [0.15, 0.2) is 5.78 Å². The Kier molecular flexibility index (Phi) is 8.33. The van der Waals surface area contributed by atoms with Crippen molar-refractivity contribution in [3.8, 4) is 0 Å². The molecular formula is C24H36N4O2S2. The van der Waals surface area contributed by atoms with E-state index < -0.39 is 11.6 Å². The zero-order chi connectivity index (χ0) is 23.5. The van der Waals surface area contributed by atoms with Crippen LogP contribution in [0.4, 0.5) is 0 Å². The second-order valence-corrected chi connectivity index (χ2v) is 11.4. The fourth-order valence-corrected chi connectivity index (χ4v) is 6.00. The molecule has 1 saturated carbocycles. The molecule has 5 atom stereocenters. The van der Waals surface area contributed by atoms with Crippen molar-refractivity contribution in [2.75, 3.05) is 5.75 Å². The quantitative estimate of drug-likeness (QED) is 0.442. The predicted octanol–water partition coefficient (Wildman–Crippen LogP) is 4.21. The van der Waals surface area contributed by atoms with E-state index in [4.69, 9.17) is 9.98 Å². The zero-order valence-electron chi connectivity index (χ0n) is 19.8. The Morgan fingerprint density at radius 2 is 2.16 bits per heavy atom. The molecule has 1 aliphatic heterocycles. The van der Waals surface area contributed by atoms with Crippen molar-refractivity contribution in [3.63, 3.8) is 0 Å². The number of nitrogens with one attached hydrogen (secondary N) is 2. The van der Waals surface area contributed by atoms with Gasteiger partial charge in [-0.05, 0) is 50.9 Å². The molecular weight excluding hydrogens is 440 g/mol. The Morgan fingerprint density at radius 1 is 1.41 bits per heavy atom. The molecule has 2 heterocycles. The predicted molar refractivity (Wildman–Crippen MR) is 134 cm³/mol. The first-order chi connectivity index (χ1) is 15.2. The Balaban J connectivity index is 1.55. The number of rotatable bonds is 12. The molecule has 1 fully saturated rings. The number of nitrogens with zero attached hydrogens (tertiary/aromatic N) is 2. The zero-order valence-corrected chi connectivity index (χ0v) is 21.4. The van der Waals surface area contributed by atoms with E-state index >= 15 is 0 Å². The van der Waals surface area contributed by atoms with Crippen LogP contribution in [0.15, 0.2) is 23.0 Å². The largest absolute Gasteiger partial charge is 0.344 e. The van der Waals surface area contributed by atoms with Crippen molar-refractivity contribution in [2.24, 2.45) is 22.7 Å². The van der Waals surface area contributed by atoms with Crippen molar-refractivity contribution < 1.29 is 9.59 Å². The third kappa shape index (κ3) is 6.08. The van der Waals surface area contributed by atoms with E-state index in [-0.39, 0.29) is 17.6 Å². The van der Waals surface area contributed by atoms with Gasteiger partial charge < -0.3 is 10.6 Å². The van der Waals surface area contributed by atoms with Gasteiger partial charge in [-0.2, -0.15) is 0 Å². The van der Waals surface area contributed by atoms with Crippen LogP contribution < -0.4 is 10.6 Å². The molecule has 0 radical (unpaired) electrons. The summed E-state index contributed by atoms with van der Waals surface area (Å²) < 4.78 is 0. The number of ketones is 1.